The average Bonchev–Trinajstić information content (AvgIpc) is 3.29. The number of halogens is 2. The first-order valence-electron chi connectivity index (χ1n) is 10.0. The summed E-state index contributed by atoms with van der Waals surface area (Å²) in [6, 6.07) is 18.7. The van der Waals surface area contributed by atoms with Crippen molar-refractivity contribution in [1.82, 2.24) is 4.98 Å². The molecule has 4 rings (SSSR count). The fourth-order valence-corrected chi connectivity index (χ4v) is 3.01. The molecule has 4 aromatic rings. The van der Waals surface area contributed by atoms with Crippen LogP contribution in [0.15, 0.2) is 82.6 Å². The molecule has 0 aliphatic carbocycles. The van der Waals surface area contributed by atoms with Gasteiger partial charge in [-0.15, -0.1) is 0 Å². The van der Waals surface area contributed by atoms with Gasteiger partial charge in [0.2, 0.25) is 5.89 Å². The van der Waals surface area contributed by atoms with Crippen LogP contribution in [0.1, 0.15) is 16.8 Å². The van der Waals surface area contributed by atoms with E-state index in [1.54, 1.807) is 25.3 Å². The Morgan fingerprint density at radius 1 is 0.939 bits per heavy atom. The fraction of sp³-hybridized carbons (Fsp3) is 0.120. The van der Waals surface area contributed by atoms with Crippen molar-refractivity contribution in [2.24, 2.45) is 5.16 Å². The van der Waals surface area contributed by atoms with Gasteiger partial charge in [0.05, 0.1) is 13.3 Å². The second kappa shape index (κ2) is 10.4. The molecule has 0 spiro atoms. The van der Waals surface area contributed by atoms with Crippen LogP contribution in [0.2, 0.25) is 0 Å². The van der Waals surface area contributed by atoms with Crippen molar-refractivity contribution in [3.63, 3.8) is 0 Å². The number of nitrogens with zero attached hydrogens (tertiary/aromatic N) is 2. The Hall–Kier alpha value is -4.20. The van der Waals surface area contributed by atoms with Crippen molar-refractivity contribution < 1.29 is 27.5 Å². The smallest absolute Gasteiger partial charge is 0.232 e. The molecule has 0 saturated carbocycles. The molecule has 3 aromatic carbocycles. The maximum absolute atomic E-state index is 13.9. The number of hydrogen-bond donors (Lipinski definition) is 0. The first kappa shape index (κ1) is 22.0. The summed E-state index contributed by atoms with van der Waals surface area (Å²) in [6.45, 7) is 0.356. The molecule has 1 heterocycles. The van der Waals surface area contributed by atoms with Gasteiger partial charge in [-0.1, -0.05) is 41.6 Å². The van der Waals surface area contributed by atoms with Gasteiger partial charge in [-0.25, -0.2) is 13.8 Å². The molecule has 0 radical (unpaired) electrons. The van der Waals surface area contributed by atoms with Crippen LogP contribution >= 0.6 is 0 Å². The van der Waals surface area contributed by atoms with Gasteiger partial charge in [-0.3, -0.25) is 0 Å². The Labute approximate surface area is 189 Å². The third kappa shape index (κ3) is 5.54. The zero-order valence-corrected chi connectivity index (χ0v) is 17.7. The van der Waals surface area contributed by atoms with E-state index in [1.165, 1.54) is 18.5 Å². The molecule has 0 N–H and O–H groups in total. The van der Waals surface area contributed by atoms with Crippen molar-refractivity contribution in [1.29, 1.82) is 0 Å². The Balaban J connectivity index is 1.37. The maximum atomic E-state index is 13.9. The molecular weight excluding hydrogens is 430 g/mol. The molecule has 168 valence electrons. The van der Waals surface area contributed by atoms with Gasteiger partial charge in [0.25, 0.3) is 0 Å². The molecule has 0 fully saturated rings. The van der Waals surface area contributed by atoms with Gasteiger partial charge in [-0.2, -0.15) is 0 Å². The molecule has 0 atom stereocenters. The van der Waals surface area contributed by atoms with E-state index in [0.717, 1.165) is 23.3 Å². The minimum Gasteiger partial charge on any atom is -0.493 e. The highest BCUT2D eigenvalue weighted by atomic mass is 19.1. The van der Waals surface area contributed by atoms with Crippen LogP contribution in [0.3, 0.4) is 0 Å². The molecule has 0 aliphatic rings. The number of rotatable bonds is 9. The van der Waals surface area contributed by atoms with E-state index in [9.17, 15) is 8.78 Å². The largest absolute Gasteiger partial charge is 0.493 e. The number of oxazole rings is 1. The number of benzene rings is 3. The SMILES string of the molecule is COc1ccc(/C=N/OCc2coc(-c3c(F)cccc3F)n2)cc1OCc1ccccc1. The molecule has 8 heteroatoms. The summed E-state index contributed by atoms with van der Waals surface area (Å²) in [6.07, 6.45) is 2.77. The van der Waals surface area contributed by atoms with Gasteiger partial charge in [0.1, 0.15) is 35.8 Å². The molecule has 0 bridgehead atoms. The van der Waals surface area contributed by atoms with Gasteiger partial charge in [0.15, 0.2) is 18.1 Å². The summed E-state index contributed by atoms with van der Waals surface area (Å²) in [7, 11) is 1.57. The topological polar surface area (TPSA) is 66.1 Å². The predicted molar refractivity (Wildman–Crippen MR) is 118 cm³/mol. The molecule has 0 aliphatic heterocycles. The Kier molecular flexibility index (Phi) is 6.94. The van der Waals surface area contributed by atoms with E-state index in [0.29, 0.717) is 23.8 Å². The standard InChI is InChI=1S/C25H20F2N2O4/c1-30-22-11-10-18(12-23(22)31-14-17-6-3-2-4-7-17)13-28-33-16-19-15-32-25(29-19)24-20(26)8-5-9-21(24)27/h2-13,15H,14,16H2,1H3/b28-13+. The van der Waals surface area contributed by atoms with Crippen molar-refractivity contribution in [3.05, 3.63) is 101 Å². The third-order valence-corrected chi connectivity index (χ3v) is 4.64. The second-order valence-electron chi connectivity index (χ2n) is 6.93. The summed E-state index contributed by atoms with van der Waals surface area (Å²) in [5.74, 6) is -0.513. The van der Waals surface area contributed by atoms with Crippen LogP contribution in [-0.2, 0) is 18.1 Å². The molecule has 6 nitrogen and oxygen atoms in total. The Bertz CT molecular complexity index is 1220. The summed E-state index contributed by atoms with van der Waals surface area (Å²) in [4.78, 5) is 9.30. The highest BCUT2D eigenvalue weighted by Gasteiger charge is 2.16. The lowest BCUT2D eigenvalue weighted by molar-refractivity contribution is 0.129. The van der Waals surface area contributed by atoms with E-state index in [4.69, 9.17) is 18.7 Å². The zero-order chi connectivity index (χ0) is 23.0. The van der Waals surface area contributed by atoms with Gasteiger partial charge in [-0.05, 0) is 35.9 Å². The molecule has 0 unspecified atom stereocenters. The minimum atomic E-state index is -0.757. The lowest BCUT2D eigenvalue weighted by Crippen LogP contribution is -1.98. The van der Waals surface area contributed by atoms with Crippen molar-refractivity contribution >= 4 is 6.21 Å². The highest BCUT2D eigenvalue weighted by Crippen LogP contribution is 2.28. The van der Waals surface area contributed by atoms with Crippen LogP contribution < -0.4 is 9.47 Å². The first-order valence-corrected chi connectivity index (χ1v) is 10.0. The Morgan fingerprint density at radius 3 is 2.48 bits per heavy atom. The van der Waals surface area contributed by atoms with E-state index in [2.05, 4.69) is 10.1 Å². The summed E-state index contributed by atoms with van der Waals surface area (Å²) in [5.41, 5.74) is 1.78. The third-order valence-electron chi connectivity index (χ3n) is 4.64. The number of oxime groups is 1. The van der Waals surface area contributed by atoms with E-state index < -0.39 is 11.6 Å². The second-order valence-corrected chi connectivity index (χ2v) is 6.93. The molecule has 0 saturated heterocycles. The number of aromatic nitrogens is 1. The van der Waals surface area contributed by atoms with Crippen molar-refractivity contribution in [2.75, 3.05) is 7.11 Å². The monoisotopic (exact) mass is 450 g/mol. The maximum Gasteiger partial charge on any atom is 0.232 e. The van der Waals surface area contributed by atoms with Gasteiger partial charge >= 0.3 is 0 Å². The van der Waals surface area contributed by atoms with E-state index in [1.807, 2.05) is 30.3 Å². The minimum absolute atomic E-state index is 0.0381. The normalized spacial score (nSPS) is 11.0. The molecular formula is C25H20F2N2O4. The number of hydrogen-bond acceptors (Lipinski definition) is 6. The van der Waals surface area contributed by atoms with E-state index >= 15 is 0 Å². The highest BCUT2D eigenvalue weighted by molar-refractivity contribution is 5.80. The van der Waals surface area contributed by atoms with Crippen molar-refractivity contribution in [2.45, 2.75) is 13.2 Å². The molecule has 0 amide bonds. The quantitative estimate of drug-likeness (QED) is 0.240. The van der Waals surface area contributed by atoms with E-state index in [-0.39, 0.29) is 18.1 Å². The first-order chi connectivity index (χ1) is 16.1. The zero-order valence-electron chi connectivity index (χ0n) is 17.7. The summed E-state index contributed by atoms with van der Waals surface area (Å²) < 4.78 is 44.1. The molecule has 1 aromatic heterocycles. The van der Waals surface area contributed by atoms with Crippen molar-refractivity contribution in [3.8, 4) is 23.0 Å². The van der Waals surface area contributed by atoms with Crippen LogP contribution in [0.4, 0.5) is 8.78 Å². The fourth-order valence-electron chi connectivity index (χ4n) is 3.01. The Morgan fingerprint density at radius 2 is 1.73 bits per heavy atom. The average molecular weight is 450 g/mol. The van der Waals surface area contributed by atoms with Crippen LogP contribution in [0, 0.1) is 11.6 Å². The summed E-state index contributed by atoms with van der Waals surface area (Å²) in [5, 5.41) is 3.92. The predicted octanol–water partition coefficient (Wildman–Crippen LogP) is 5.76. The lowest BCUT2D eigenvalue weighted by atomic mass is 10.2. The lowest BCUT2D eigenvalue weighted by Gasteiger charge is -2.11. The number of methoxy groups -OCH3 is 1. The number of ether oxygens (including phenoxy) is 2. The van der Waals surface area contributed by atoms with Crippen LogP contribution in [0.25, 0.3) is 11.5 Å². The van der Waals surface area contributed by atoms with Gasteiger partial charge in [0, 0.05) is 5.56 Å². The van der Waals surface area contributed by atoms with Crippen LogP contribution in [-0.4, -0.2) is 18.3 Å². The van der Waals surface area contributed by atoms with Crippen LogP contribution in [0.5, 0.6) is 11.5 Å². The molecule has 33 heavy (non-hydrogen) atoms. The van der Waals surface area contributed by atoms with Gasteiger partial charge < -0.3 is 18.7 Å². The summed E-state index contributed by atoms with van der Waals surface area (Å²) >= 11 is 0.